The van der Waals surface area contributed by atoms with Gasteiger partial charge in [0.2, 0.25) is 0 Å². The monoisotopic (exact) mass is 572 g/mol. The maximum Gasteiger partial charge on any atom is 0.308 e. The summed E-state index contributed by atoms with van der Waals surface area (Å²) in [5.74, 6) is -1.08. The third-order valence-electron chi connectivity index (χ3n) is 7.07. The molecule has 238 valence electrons. The molecule has 7 heteroatoms. The highest BCUT2D eigenvalue weighted by molar-refractivity contribution is 5.73. The SMILES string of the molecule is CCCCCCCCCCCCOCCOC(=O)CC(O)CC(=O)OCCOCCCCCCCCCCCC. The summed E-state index contributed by atoms with van der Waals surface area (Å²) < 4.78 is 21.2. The Hall–Kier alpha value is -1.18. The minimum atomic E-state index is -1.11. The van der Waals surface area contributed by atoms with Crippen LogP contribution in [0.2, 0.25) is 0 Å². The number of esters is 2. The van der Waals surface area contributed by atoms with Crippen molar-refractivity contribution in [2.24, 2.45) is 0 Å². The van der Waals surface area contributed by atoms with Crippen molar-refractivity contribution >= 4 is 11.9 Å². The molecule has 0 aromatic carbocycles. The summed E-state index contributed by atoms with van der Waals surface area (Å²) in [5.41, 5.74) is 0. The summed E-state index contributed by atoms with van der Waals surface area (Å²) in [4.78, 5) is 23.7. The lowest BCUT2D eigenvalue weighted by Crippen LogP contribution is -2.22. The van der Waals surface area contributed by atoms with Crippen molar-refractivity contribution in [1.29, 1.82) is 0 Å². The van der Waals surface area contributed by atoms with Crippen LogP contribution in [0, 0.1) is 0 Å². The second-order valence-electron chi connectivity index (χ2n) is 11.1. The molecular weight excluding hydrogens is 508 g/mol. The van der Waals surface area contributed by atoms with Gasteiger partial charge in [0.25, 0.3) is 0 Å². The molecular formula is C33H64O7. The fourth-order valence-electron chi connectivity index (χ4n) is 4.59. The Bertz CT molecular complexity index is 495. The fraction of sp³-hybridized carbons (Fsp3) is 0.939. The number of unbranched alkanes of at least 4 members (excludes halogenated alkanes) is 18. The topological polar surface area (TPSA) is 91.3 Å². The van der Waals surface area contributed by atoms with Crippen molar-refractivity contribution in [3.8, 4) is 0 Å². The summed E-state index contributed by atoms with van der Waals surface area (Å²) in [6, 6.07) is 0. The van der Waals surface area contributed by atoms with Crippen molar-refractivity contribution in [3.63, 3.8) is 0 Å². The van der Waals surface area contributed by atoms with E-state index in [9.17, 15) is 14.7 Å². The van der Waals surface area contributed by atoms with Gasteiger partial charge in [-0.1, -0.05) is 129 Å². The quantitative estimate of drug-likeness (QED) is 0.0643. The molecule has 40 heavy (non-hydrogen) atoms. The van der Waals surface area contributed by atoms with Crippen LogP contribution >= 0.6 is 0 Å². The van der Waals surface area contributed by atoms with E-state index in [0.29, 0.717) is 26.4 Å². The van der Waals surface area contributed by atoms with Crippen LogP contribution in [0.15, 0.2) is 0 Å². The summed E-state index contributed by atoms with van der Waals surface area (Å²) in [6.07, 6.45) is 24.1. The molecule has 0 spiro atoms. The van der Waals surface area contributed by atoms with E-state index in [4.69, 9.17) is 18.9 Å². The van der Waals surface area contributed by atoms with Crippen molar-refractivity contribution in [3.05, 3.63) is 0 Å². The smallest absolute Gasteiger partial charge is 0.308 e. The van der Waals surface area contributed by atoms with Gasteiger partial charge in [-0.3, -0.25) is 9.59 Å². The molecule has 0 aromatic heterocycles. The van der Waals surface area contributed by atoms with E-state index < -0.39 is 18.0 Å². The van der Waals surface area contributed by atoms with Crippen LogP contribution in [-0.2, 0) is 28.5 Å². The van der Waals surface area contributed by atoms with E-state index in [1.165, 1.54) is 116 Å². The average molecular weight is 573 g/mol. The van der Waals surface area contributed by atoms with Gasteiger partial charge in [-0.25, -0.2) is 0 Å². The molecule has 0 saturated carbocycles. The van der Waals surface area contributed by atoms with Crippen LogP contribution < -0.4 is 0 Å². The molecule has 0 aliphatic rings. The Morgan fingerprint density at radius 1 is 0.450 bits per heavy atom. The highest BCUT2D eigenvalue weighted by Gasteiger charge is 2.17. The lowest BCUT2D eigenvalue weighted by molar-refractivity contribution is -0.151. The van der Waals surface area contributed by atoms with Crippen molar-refractivity contribution in [2.45, 2.75) is 161 Å². The van der Waals surface area contributed by atoms with Gasteiger partial charge in [-0.15, -0.1) is 0 Å². The zero-order valence-electron chi connectivity index (χ0n) is 26.3. The third kappa shape index (κ3) is 31.3. The van der Waals surface area contributed by atoms with Crippen LogP contribution in [0.5, 0.6) is 0 Å². The predicted molar refractivity (Wildman–Crippen MR) is 162 cm³/mol. The van der Waals surface area contributed by atoms with Gasteiger partial charge in [0.1, 0.15) is 13.2 Å². The van der Waals surface area contributed by atoms with Crippen LogP contribution in [-0.4, -0.2) is 62.8 Å². The van der Waals surface area contributed by atoms with Crippen LogP contribution in [0.4, 0.5) is 0 Å². The lowest BCUT2D eigenvalue weighted by atomic mass is 10.1. The number of carbonyl (C=O) groups is 2. The van der Waals surface area contributed by atoms with E-state index in [-0.39, 0.29) is 26.1 Å². The molecule has 0 heterocycles. The molecule has 0 atom stereocenters. The first-order valence-corrected chi connectivity index (χ1v) is 16.7. The molecule has 7 nitrogen and oxygen atoms in total. The number of aliphatic hydroxyl groups is 1. The molecule has 0 aliphatic carbocycles. The number of rotatable bonds is 32. The predicted octanol–water partition coefficient (Wildman–Crippen LogP) is 8.09. The molecule has 0 unspecified atom stereocenters. The first kappa shape index (κ1) is 38.8. The van der Waals surface area contributed by atoms with Gasteiger partial charge in [0, 0.05) is 13.2 Å². The van der Waals surface area contributed by atoms with Gasteiger partial charge in [-0.05, 0) is 12.8 Å². The Balaban J connectivity index is 3.40. The third-order valence-corrected chi connectivity index (χ3v) is 7.07. The van der Waals surface area contributed by atoms with E-state index in [2.05, 4.69) is 13.8 Å². The van der Waals surface area contributed by atoms with E-state index in [1.807, 2.05) is 0 Å². The van der Waals surface area contributed by atoms with Gasteiger partial charge in [-0.2, -0.15) is 0 Å². The molecule has 0 radical (unpaired) electrons. The number of hydrogen-bond acceptors (Lipinski definition) is 7. The second kappa shape index (κ2) is 32.3. The fourth-order valence-corrected chi connectivity index (χ4v) is 4.59. The Kier molecular flexibility index (Phi) is 31.4. The Labute approximate surface area is 246 Å². The maximum absolute atomic E-state index is 11.8. The zero-order valence-corrected chi connectivity index (χ0v) is 26.3. The second-order valence-corrected chi connectivity index (χ2v) is 11.1. The number of ether oxygens (including phenoxy) is 4. The summed E-state index contributed by atoms with van der Waals surface area (Å²) >= 11 is 0. The molecule has 0 rings (SSSR count). The zero-order chi connectivity index (χ0) is 29.4. The van der Waals surface area contributed by atoms with Crippen molar-refractivity contribution in [1.82, 2.24) is 0 Å². The normalized spacial score (nSPS) is 11.3. The standard InChI is InChI=1S/C33H64O7/c1-3-5-7-9-11-13-15-17-19-21-23-37-25-27-39-32(35)29-31(34)30-33(36)40-28-26-38-24-22-20-18-16-14-12-10-8-6-4-2/h31,34H,3-30H2,1-2H3. The molecule has 0 fully saturated rings. The highest BCUT2D eigenvalue weighted by Crippen LogP contribution is 2.11. The van der Waals surface area contributed by atoms with Crippen molar-refractivity contribution in [2.75, 3.05) is 39.6 Å². The van der Waals surface area contributed by atoms with Crippen LogP contribution in [0.25, 0.3) is 0 Å². The number of aliphatic hydroxyl groups excluding tert-OH is 1. The van der Waals surface area contributed by atoms with Gasteiger partial charge in [0.15, 0.2) is 0 Å². The van der Waals surface area contributed by atoms with E-state index in [1.54, 1.807) is 0 Å². The molecule has 0 bridgehead atoms. The van der Waals surface area contributed by atoms with Gasteiger partial charge >= 0.3 is 11.9 Å². The molecule has 0 aromatic rings. The maximum atomic E-state index is 11.8. The van der Waals surface area contributed by atoms with E-state index in [0.717, 1.165) is 12.8 Å². The highest BCUT2D eigenvalue weighted by atomic mass is 16.6. The van der Waals surface area contributed by atoms with Gasteiger partial charge < -0.3 is 24.1 Å². The largest absolute Gasteiger partial charge is 0.463 e. The van der Waals surface area contributed by atoms with Crippen LogP contribution in [0.3, 0.4) is 0 Å². The number of hydrogen-bond donors (Lipinski definition) is 1. The first-order chi connectivity index (χ1) is 19.6. The molecule has 0 aliphatic heterocycles. The van der Waals surface area contributed by atoms with Crippen molar-refractivity contribution < 1.29 is 33.6 Å². The minimum absolute atomic E-state index is 0.157. The Morgan fingerprint density at radius 2 is 0.750 bits per heavy atom. The Morgan fingerprint density at radius 3 is 1.07 bits per heavy atom. The minimum Gasteiger partial charge on any atom is -0.463 e. The van der Waals surface area contributed by atoms with Gasteiger partial charge in [0.05, 0.1) is 32.2 Å². The van der Waals surface area contributed by atoms with Crippen LogP contribution in [0.1, 0.15) is 155 Å². The van der Waals surface area contributed by atoms with E-state index >= 15 is 0 Å². The summed E-state index contributed by atoms with van der Waals surface area (Å²) in [7, 11) is 0. The molecule has 0 saturated heterocycles. The molecule has 0 amide bonds. The molecule has 1 N–H and O–H groups in total. The first-order valence-electron chi connectivity index (χ1n) is 16.7. The summed E-state index contributed by atoms with van der Waals surface area (Å²) in [6.45, 7) is 6.84. The summed E-state index contributed by atoms with van der Waals surface area (Å²) in [5, 5.41) is 9.96. The average Bonchev–Trinajstić information content (AvgIpc) is 2.93. The lowest BCUT2D eigenvalue weighted by Gasteiger charge is -2.11. The number of carbonyl (C=O) groups excluding carboxylic acids is 2.